The number of rotatable bonds is 6. The van der Waals surface area contributed by atoms with Gasteiger partial charge in [-0.3, -0.25) is 19.2 Å². The molecule has 2 aromatic heterocycles. The summed E-state index contributed by atoms with van der Waals surface area (Å²) in [6.45, 7) is 8.50. The van der Waals surface area contributed by atoms with Gasteiger partial charge in [-0.15, -0.1) is 0 Å². The number of amides is 1. The minimum Gasteiger partial charge on any atom is -0.349 e. The third kappa shape index (κ3) is 4.37. The highest BCUT2D eigenvalue weighted by Crippen LogP contribution is 2.15. The van der Waals surface area contributed by atoms with Gasteiger partial charge in [0, 0.05) is 25.0 Å². The molecular weight excluding hydrogens is 368 g/mol. The lowest BCUT2D eigenvalue weighted by Crippen LogP contribution is -2.36. The fourth-order valence-corrected chi connectivity index (χ4v) is 3.76. The second kappa shape index (κ2) is 8.16. The maximum atomic E-state index is 12.5. The van der Waals surface area contributed by atoms with E-state index in [1.165, 1.54) is 10.4 Å². The van der Waals surface area contributed by atoms with Gasteiger partial charge in [0.1, 0.15) is 6.54 Å². The first kappa shape index (κ1) is 19.3. The number of nitrogens with one attached hydrogen (secondary N) is 1. The SMILES string of the molecule is CC(C)CN1CCn2nc(CNC(=O)Cn3ncc4ccccc4c3=O)cc2C1. The molecule has 1 amide bonds. The van der Waals surface area contributed by atoms with Gasteiger partial charge >= 0.3 is 0 Å². The van der Waals surface area contributed by atoms with Crippen LogP contribution in [0.5, 0.6) is 0 Å². The lowest BCUT2D eigenvalue weighted by Gasteiger charge is -2.28. The Hall–Kier alpha value is -3.00. The normalized spacial score (nSPS) is 14.3. The zero-order valence-electron chi connectivity index (χ0n) is 16.8. The van der Waals surface area contributed by atoms with Crippen LogP contribution in [-0.2, 0) is 31.0 Å². The van der Waals surface area contributed by atoms with Crippen molar-refractivity contribution in [2.45, 2.75) is 40.0 Å². The van der Waals surface area contributed by atoms with Crippen molar-refractivity contribution in [2.24, 2.45) is 5.92 Å². The van der Waals surface area contributed by atoms with Crippen LogP contribution in [0.15, 0.2) is 41.3 Å². The number of nitrogens with zero attached hydrogens (tertiary/aromatic N) is 5. The van der Waals surface area contributed by atoms with E-state index >= 15 is 0 Å². The van der Waals surface area contributed by atoms with Gasteiger partial charge in [0.05, 0.1) is 36.1 Å². The zero-order chi connectivity index (χ0) is 20.4. The summed E-state index contributed by atoms with van der Waals surface area (Å²) < 4.78 is 3.22. The molecule has 0 spiro atoms. The molecule has 3 heterocycles. The molecule has 0 radical (unpaired) electrons. The van der Waals surface area contributed by atoms with Crippen LogP contribution >= 0.6 is 0 Å². The molecule has 0 fully saturated rings. The van der Waals surface area contributed by atoms with E-state index in [0.717, 1.165) is 37.3 Å². The molecule has 8 heteroatoms. The van der Waals surface area contributed by atoms with Gasteiger partial charge in [0.25, 0.3) is 5.56 Å². The van der Waals surface area contributed by atoms with E-state index in [2.05, 4.69) is 34.3 Å². The third-order valence-corrected chi connectivity index (χ3v) is 5.07. The van der Waals surface area contributed by atoms with Crippen molar-refractivity contribution >= 4 is 16.7 Å². The minimum absolute atomic E-state index is 0.112. The standard InChI is InChI=1S/C21H26N6O2/c1-15(2)12-25-7-8-26-18(13-25)9-17(24-26)11-22-20(28)14-27-21(29)19-6-4-3-5-16(19)10-23-27/h3-6,9-10,15H,7-8,11-14H2,1-2H3,(H,22,28). The fourth-order valence-electron chi connectivity index (χ4n) is 3.76. The Morgan fingerprint density at radius 2 is 2.07 bits per heavy atom. The van der Waals surface area contributed by atoms with Crippen molar-refractivity contribution < 1.29 is 4.79 Å². The molecule has 0 bridgehead atoms. The molecule has 0 saturated carbocycles. The van der Waals surface area contributed by atoms with E-state index < -0.39 is 0 Å². The molecule has 0 unspecified atom stereocenters. The Bertz CT molecular complexity index is 1080. The Morgan fingerprint density at radius 1 is 1.24 bits per heavy atom. The highest BCUT2D eigenvalue weighted by atomic mass is 16.2. The number of hydrogen-bond donors (Lipinski definition) is 1. The number of benzene rings is 1. The van der Waals surface area contributed by atoms with Crippen LogP contribution in [0.1, 0.15) is 25.2 Å². The lowest BCUT2D eigenvalue weighted by molar-refractivity contribution is -0.122. The first-order chi connectivity index (χ1) is 14.0. The Morgan fingerprint density at radius 3 is 2.90 bits per heavy atom. The topological polar surface area (TPSA) is 85.1 Å². The molecule has 0 atom stereocenters. The maximum Gasteiger partial charge on any atom is 0.275 e. The van der Waals surface area contributed by atoms with E-state index in [1.54, 1.807) is 18.3 Å². The maximum absolute atomic E-state index is 12.5. The molecule has 1 aromatic carbocycles. The number of fused-ring (bicyclic) bond motifs is 2. The van der Waals surface area contributed by atoms with Gasteiger partial charge in [0.2, 0.25) is 5.91 Å². The molecule has 152 valence electrons. The molecule has 0 saturated heterocycles. The van der Waals surface area contributed by atoms with Crippen molar-refractivity contribution in [1.82, 2.24) is 29.8 Å². The van der Waals surface area contributed by atoms with Crippen LogP contribution in [-0.4, -0.2) is 43.5 Å². The molecule has 4 rings (SSSR count). The summed E-state index contributed by atoms with van der Waals surface area (Å²) in [7, 11) is 0. The van der Waals surface area contributed by atoms with Gasteiger partial charge in [-0.1, -0.05) is 32.0 Å². The minimum atomic E-state index is -0.263. The van der Waals surface area contributed by atoms with E-state index in [4.69, 9.17) is 0 Å². The second-order valence-corrected chi connectivity index (χ2v) is 7.95. The van der Waals surface area contributed by atoms with E-state index in [1.807, 2.05) is 22.9 Å². The second-order valence-electron chi connectivity index (χ2n) is 7.95. The van der Waals surface area contributed by atoms with Crippen molar-refractivity contribution in [2.75, 3.05) is 13.1 Å². The summed E-state index contributed by atoms with van der Waals surface area (Å²) in [4.78, 5) is 27.2. The van der Waals surface area contributed by atoms with E-state index in [-0.39, 0.29) is 18.0 Å². The van der Waals surface area contributed by atoms with Gasteiger partial charge in [0.15, 0.2) is 0 Å². The van der Waals surface area contributed by atoms with Crippen LogP contribution in [0.4, 0.5) is 0 Å². The summed E-state index contributed by atoms with van der Waals surface area (Å²) >= 11 is 0. The average Bonchev–Trinajstić information content (AvgIpc) is 3.10. The molecule has 1 N–H and O–H groups in total. The molecular formula is C21H26N6O2. The number of hydrogen-bond acceptors (Lipinski definition) is 5. The quantitative estimate of drug-likeness (QED) is 0.683. The Balaban J connectivity index is 1.37. The summed E-state index contributed by atoms with van der Waals surface area (Å²) in [5.74, 6) is 0.373. The van der Waals surface area contributed by atoms with Gasteiger partial charge < -0.3 is 5.32 Å². The van der Waals surface area contributed by atoms with Gasteiger partial charge in [-0.2, -0.15) is 10.2 Å². The molecule has 1 aliphatic rings. The van der Waals surface area contributed by atoms with Gasteiger partial charge in [-0.05, 0) is 18.1 Å². The highest BCUT2D eigenvalue weighted by Gasteiger charge is 2.19. The number of carbonyl (C=O) groups excluding carboxylic acids is 1. The Kier molecular flexibility index (Phi) is 5.44. The molecule has 0 aliphatic carbocycles. The molecule has 8 nitrogen and oxygen atoms in total. The monoisotopic (exact) mass is 394 g/mol. The predicted molar refractivity (Wildman–Crippen MR) is 110 cm³/mol. The van der Waals surface area contributed by atoms with Crippen molar-refractivity contribution in [3.05, 3.63) is 58.3 Å². The van der Waals surface area contributed by atoms with Crippen molar-refractivity contribution in [3.63, 3.8) is 0 Å². The first-order valence-electron chi connectivity index (χ1n) is 9.99. The highest BCUT2D eigenvalue weighted by molar-refractivity contribution is 5.81. The van der Waals surface area contributed by atoms with Crippen molar-refractivity contribution in [3.8, 4) is 0 Å². The van der Waals surface area contributed by atoms with Crippen LogP contribution in [0.25, 0.3) is 10.8 Å². The van der Waals surface area contributed by atoms with Gasteiger partial charge in [-0.25, -0.2) is 4.68 Å². The zero-order valence-corrected chi connectivity index (χ0v) is 16.8. The summed E-state index contributed by atoms with van der Waals surface area (Å²) in [6, 6.07) is 9.28. The predicted octanol–water partition coefficient (Wildman–Crippen LogP) is 1.38. The van der Waals surface area contributed by atoms with Crippen molar-refractivity contribution in [1.29, 1.82) is 0 Å². The fraction of sp³-hybridized carbons (Fsp3) is 0.429. The Labute approximate surface area is 169 Å². The van der Waals surface area contributed by atoms with Crippen LogP contribution in [0, 0.1) is 5.92 Å². The van der Waals surface area contributed by atoms with E-state index in [0.29, 0.717) is 17.8 Å². The van der Waals surface area contributed by atoms with Crippen LogP contribution in [0.2, 0.25) is 0 Å². The summed E-state index contributed by atoms with van der Waals surface area (Å²) in [5, 5.41) is 12.9. The third-order valence-electron chi connectivity index (χ3n) is 5.07. The number of aromatic nitrogens is 4. The number of carbonyl (C=O) groups is 1. The summed E-state index contributed by atoms with van der Waals surface area (Å²) in [5.41, 5.74) is 1.74. The lowest BCUT2D eigenvalue weighted by atomic mass is 10.2. The van der Waals surface area contributed by atoms with E-state index in [9.17, 15) is 9.59 Å². The first-order valence-corrected chi connectivity index (χ1v) is 9.99. The smallest absolute Gasteiger partial charge is 0.275 e. The molecule has 1 aliphatic heterocycles. The molecule has 3 aromatic rings. The molecule has 29 heavy (non-hydrogen) atoms. The average molecular weight is 394 g/mol. The largest absolute Gasteiger partial charge is 0.349 e. The van der Waals surface area contributed by atoms with Crippen LogP contribution < -0.4 is 10.9 Å². The van der Waals surface area contributed by atoms with Crippen LogP contribution in [0.3, 0.4) is 0 Å². The summed E-state index contributed by atoms with van der Waals surface area (Å²) in [6.07, 6.45) is 1.61.